The topological polar surface area (TPSA) is 42.0 Å². The summed E-state index contributed by atoms with van der Waals surface area (Å²) in [6.07, 6.45) is 3.12. The standard InChI is InChI=1S/C12H7Br2FN2O/c13-9-2-1-7(15)5-8(9)12(18)17-11-3-4-16-6-10(11)14/h1-6H,(H,16,17,18). The molecular weight excluding hydrogens is 367 g/mol. The Labute approximate surface area is 120 Å². The zero-order chi connectivity index (χ0) is 13.1. The van der Waals surface area contributed by atoms with Crippen LogP contribution in [0, 0.1) is 5.82 Å². The van der Waals surface area contributed by atoms with Gasteiger partial charge in [0.15, 0.2) is 0 Å². The molecule has 0 radical (unpaired) electrons. The molecule has 92 valence electrons. The van der Waals surface area contributed by atoms with Crippen molar-refractivity contribution in [1.29, 1.82) is 0 Å². The van der Waals surface area contributed by atoms with Crippen LogP contribution in [0.2, 0.25) is 0 Å². The molecule has 0 fully saturated rings. The monoisotopic (exact) mass is 372 g/mol. The first kappa shape index (κ1) is 13.2. The molecule has 0 aliphatic heterocycles. The maximum Gasteiger partial charge on any atom is 0.256 e. The van der Waals surface area contributed by atoms with E-state index in [9.17, 15) is 9.18 Å². The minimum Gasteiger partial charge on any atom is -0.321 e. The van der Waals surface area contributed by atoms with E-state index in [2.05, 4.69) is 42.2 Å². The van der Waals surface area contributed by atoms with Crippen LogP contribution in [-0.2, 0) is 0 Å². The number of rotatable bonds is 2. The summed E-state index contributed by atoms with van der Waals surface area (Å²) in [5.41, 5.74) is 0.810. The third-order valence-corrected chi connectivity index (χ3v) is 3.52. The SMILES string of the molecule is O=C(Nc1ccncc1Br)c1cc(F)ccc1Br. The van der Waals surface area contributed by atoms with Crippen molar-refractivity contribution in [2.45, 2.75) is 0 Å². The van der Waals surface area contributed by atoms with Gasteiger partial charge in [-0.25, -0.2) is 4.39 Å². The molecule has 6 heteroatoms. The predicted octanol–water partition coefficient (Wildman–Crippen LogP) is 4.00. The van der Waals surface area contributed by atoms with E-state index in [-0.39, 0.29) is 5.56 Å². The van der Waals surface area contributed by atoms with E-state index in [1.807, 2.05) is 0 Å². The second-order valence-electron chi connectivity index (χ2n) is 3.43. The van der Waals surface area contributed by atoms with Crippen molar-refractivity contribution in [2.24, 2.45) is 0 Å². The summed E-state index contributed by atoms with van der Waals surface area (Å²) >= 11 is 6.48. The van der Waals surface area contributed by atoms with E-state index >= 15 is 0 Å². The normalized spacial score (nSPS) is 10.2. The van der Waals surface area contributed by atoms with Gasteiger partial charge in [-0.2, -0.15) is 0 Å². The number of aromatic nitrogens is 1. The number of anilines is 1. The van der Waals surface area contributed by atoms with Crippen molar-refractivity contribution in [2.75, 3.05) is 5.32 Å². The minimum absolute atomic E-state index is 0.235. The summed E-state index contributed by atoms with van der Waals surface area (Å²) in [5.74, 6) is -0.856. The molecule has 1 aromatic carbocycles. The van der Waals surface area contributed by atoms with E-state index in [1.165, 1.54) is 18.2 Å². The van der Waals surface area contributed by atoms with Gasteiger partial charge in [0.1, 0.15) is 5.82 Å². The fraction of sp³-hybridized carbons (Fsp3) is 0. The Balaban J connectivity index is 2.28. The number of pyridine rings is 1. The van der Waals surface area contributed by atoms with Gasteiger partial charge in [-0.3, -0.25) is 9.78 Å². The molecule has 0 atom stereocenters. The smallest absolute Gasteiger partial charge is 0.256 e. The highest BCUT2D eigenvalue weighted by Crippen LogP contribution is 2.23. The molecule has 2 aromatic rings. The van der Waals surface area contributed by atoms with Gasteiger partial charge < -0.3 is 5.32 Å². The lowest BCUT2D eigenvalue weighted by Crippen LogP contribution is -2.13. The summed E-state index contributed by atoms with van der Waals surface area (Å²) in [4.78, 5) is 15.9. The van der Waals surface area contributed by atoms with E-state index in [0.29, 0.717) is 14.6 Å². The fourth-order valence-electron chi connectivity index (χ4n) is 1.34. The first-order valence-electron chi connectivity index (χ1n) is 4.94. The number of halogens is 3. The van der Waals surface area contributed by atoms with Crippen LogP contribution in [0.4, 0.5) is 10.1 Å². The van der Waals surface area contributed by atoms with Crippen molar-refractivity contribution in [3.8, 4) is 0 Å². The van der Waals surface area contributed by atoms with Crippen LogP contribution < -0.4 is 5.32 Å². The molecule has 0 unspecified atom stereocenters. The van der Waals surface area contributed by atoms with Crippen molar-refractivity contribution < 1.29 is 9.18 Å². The fourth-order valence-corrected chi connectivity index (χ4v) is 2.11. The maximum absolute atomic E-state index is 13.1. The first-order valence-corrected chi connectivity index (χ1v) is 6.52. The Kier molecular flexibility index (Phi) is 4.08. The number of nitrogens with zero attached hydrogens (tertiary/aromatic N) is 1. The highest BCUT2D eigenvalue weighted by atomic mass is 79.9. The molecule has 0 saturated carbocycles. The van der Waals surface area contributed by atoms with Crippen LogP contribution in [0.3, 0.4) is 0 Å². The van der Waals surface area contributed by atoms with Crippen molar-refractivity contribution in [1.82, 2.24) is 4.98 Å². The van der Waals surface area contributed by atoms with Gasteiger partial charge in [-0.05, 0) is 56.1 Å². The van der Waals surface area contributed by atoms with E-state index in [0.717, 1.165) is 0 Å². The van der Waals surface area contributed by atoms with Crippen LogP contribution in [0.15, 0.2) is 45.6 Å². The first-order chi connectivity index (χ1) is 8.58. The summed E-state index contributed by atoms with van der Waals surface area (Å²) in [6.45, 7) is 0. The number of nitrogens with one attached hydrogen (secondary N) is 1. The van der Waals surface area contributed by atoms with Gasteiger partial charge in [0.05, 0.1) is 15.7 Å². The van der Waals surface area contributed by atoms with E-state index in [1.54, 1.807) is 18.5 Å². The largest absolute Gasteiger partial charge is 0.321 e. The molecule has 0 aliphatic rings. The summed E-state index contributed by atoms with van der Waals surface area (Å²) in [7, 11) is 0. The van der Waals surface area contributed by atoms with Crippen molar-refractivity contribution in [3.05, 3.63) is 57.0 Å². The van der Waals surface area contributed by atoms with E-state index in [4.69, 9.17) is 0 Å². The molecule has 0 bridgehead atoms. The Morgan fingerprint density at radius 1 is 1.22 bits per heavy atom. The molecule has 3 nitrogen and oxygen atoms in total. The summed E-state index contributed by atoms with van der Waals surface area (Å²) in [6, 6.07) is 5.60. The maximum atomic E-state index is 13.1. The van der Waals surface area contributed by atoms with E-state index < -0.39 is 11.7 Å². The molecule has 1 aromatic heterocycles. The van der Waals surface area contributed by atoms with Gasteiger partial charge >= 0.3 is 0 Å². The van der Waals surface area contributed by atoms with Crippen LogP contribution in [-0.4, -0.2) is 10.9 Å². The van der Waals surface area contributed by atoms with Gasteiger partial charge in [0.25, 0.3) is 5.91 Å². The Morgan fingerprint density at radius 2 is 2.00 bits per heavy atom. The quantitative estimate of drug-likeness (QED) is 0.864. The molecule has 1 amide bonds. The van der Waals surface area contributed by atoms with Crippen LogP contribution in [0.1, 0.15) is 10.4 Å². The number of amides is 1. The third-order valence-electron chi connectivity index (χ3n) is 2.19. The van der Waals surface area contributed by atoms with Crippen LogP contribution in [0.5, 0.6) is 0 Å². The second kappa shape index (κ2) is 5.58. The molecule has 2 rings (SSSR count). The molecule has 18 heavy (non-hydrogen) atoms. The third kappa shape index (κ3) is 2.94. The zero-order valence-corrected chi connectivity index (χ0v) is 12.1. The molecular formula is C12H7Br2FN2O. The highest BCUT2D eigenvalue weighted by molar-refractivity contribution is 9.11. The minimum atomic E-state index is -0.461. The lowest BCUT2D eigenvalue weighted by molar-refractivity contribution is 0.102. The Hall–Kier alpha value is -1.27. The van der Waals surface area contributed by atoms with Gasteiger partial charge in [-0.15, -0.1) is 0 Å². The van der Waals surface area contributed by atoms with Crippen molar-refractivity contribution >= 4 is 43.5 Å². The Bertz CT molecular complexity index is 604. The summed E-state index contributed by atoms with van der Waals surface area (Å²) < 4.78 is 14.3. The number of benzene rings is 1. The molecule has 1 heterocycles. The molecule has 0 saturated heterocycles. The van der Waals surface area contributed by atoms with Crippen LogP contribution >= 0.6 is 31.9 Å². The van der Waals surface area contributed by atoms with Crippen molar-refractivity contribution in [3.63, 3.8) is 0 Å². The van der Waals surface area contributed by atoms with Crippen LogP contribution in [0.25, 0.3) is 0 Å². The number of hydrogen-bond donors (Lipinski definition) is 1. The van der Waals surface area contributed by atoms with Gasteiger partial charge in [0.2, 0.25) is 0 Å². The lowest BCUT2D eigenvalue weighted by Gasteiger charge is -2.08. The highest BCUT2D eigenvalue weighted by Gasteiger charge is 2.12. The average Bonchev–Trinajstić information content (AvgIpc) is 2.35. The predicted molar refractivity (Wildman–Crippen MR) is 74.0 cm³/mol. The molecule has 0 aliphatic carbocycles. The number of carbonyl (C=O) groups is 1. The molecule has 0 spiro atoms. The van der Waals surface area contributed by atoms with Gasteiger partial charge in [-0.1, -0.05) is 0 Å². The average molecular weight is 374 g/mol. The second-order valence-corrected chi connectivity index (χ2v) is 5.14. The zero-order valence-electron chi connectivity index (χ0n) is 8.95. The number of hydrogen-bond acceptors (Lipinski definition) is 2. The molecule has 1 N–H and O–H groups in total. The Morgan fingerprint density at radius 3 is 2.72 bits per heavy atom. The number of carbonyl (C=O) groups excluding carboxylic acids is 1. The van der Waals surface area contributed by atoms with Gasteiger partial charge in [0, 0.05) is 16.9 Å². The lowest BCUT2D eigenvalue weighted by atomic mass is 10.2. The summed E-state index contributed by atoms with van der Waals surface area (Å²) in [5, 5.41) is 2.67.